The molecule has 0 bridgehead atoms. The summed E-state index contributed by atoms with van der Waals surface area (Å²) in [6, 6.07) is 13.5. The molecule has 0 aliphatic carbocycles. The van der Waals surface area contributed by atoms with Gasteiger partial charge in [0.15, 0.2) is 0 Å². The molecule has 0 saturated carbocycles. The van der Waals surface area contributed by atoms with Crippen molar-refractivity contribution in [3.05, 3.63) is 70.5 Å². The standard InChI is InChI=1S/C17H15ClFNO2/c18-13-7-5-12(6-8-13)11-22-14-9-20(10-14)17(21)15-3-1-2-4-16(15)19/h1-8,14H,9-11H2. The highest BCUT2D eigenvalue weighted by Crippen LogP contribution is 2.19. The van der Waals surface area contributed by atoms with Crippen LogP contribution >= 0.6 is 11.6 Å². The molecule has 1 heterocycles. The van der Waals surface area contributed by atoms with E-state index >= 15 is 0 Å². The average molecular weight is 320 g/mol. The van der Waals surface area contributed by atoms with Gasteiger partial charge in [-0.2, -0.15) is 0 Å². The topological polar surface area (TPSA) is 29.5 Å². The molecule has 3 rings (SSSR count). The molecule has 1 fully saturated rings. The number of carbonyl (C=O) groups is 1. The molecule has 114 valence electrons. The van der Waals surface area contributed by atoms with Crippen LogP contribution in [0.25, 0.3) is 0 Å². The lowest BCUT2D eigenvalue weighted by Gasteiger charge is -2.39. The van der Waals surface area contributed by atoms with E-state index in [1.165, 1.54) is 12.1 Å². The van der Waals surface area contributed by atoms with Crippen molar-refractivity contribution in [3.63, 3.8) is 0 Å². The van der Waals surface area contributed by atoms with E-state index in [2.05, 4.69) is 0 Å². The number of halogens is 2. The zero-order valence-corrected chi connectivity index (χ0v) is 12.6. The van der Waals surface area contributed by atoms with E-state index in [1.54, 1.807) is 17.0 Å². The van der Waals surface area contributed by atoms with Gasteiger partial charge in [-0.25, -0.2) is 4.39 Å². The Balaban J connectivity index is 1.49. The van der Waals surface area contributed by atoms with Crippen LogP contribution in [0.2, 0.25) is 5.02 Å². The average Bonchev–Trinajstić information content (AvgIpc) is 2.47. The second-order valence-electron chi connectivity index (χ2n) is 5.25. The number of nitrogens with zero attached hydrogens (tertiary/aromatic N) is 1. The van der Waals surface area contributed by atoms with Gasteiger partial charge in [-0.1, -0.05) is 35.9 Å². The summed E-state index contributed by atoms with van der Waals surface area (Å²) in [5, 5.41) is 0.689. The summed E-state index contributed by atoms with van der Waals surface area (Å²) in [5.41, 5.74) is 1.14. The van der Waals surface area contributed by atoms with Gasteiger partial charge in [-0.3, -0.25) is 4.79 Å². The van der Waals surface area contributed by atoms with Crippen LogP contribution in [-0.4, -0.2) is 30.0 Å². The fourth-order valence-corrected chi connectivity index (χ4v) is 2.44. The summed E-state index contributed by atoms with van der Waals surface area (Å²) in [7, 11) is 0. The van der Waals surface area contributed by atoms with Crippen molar-refractivity contribution in [3.8, 4) is 0 Å². The van der Waals surface area contributed by atoms with Gasteiger partial charge in [0.1, 0.15) is 5.82 Å². The van der Waals surface area contributed by atoms with Crippen molar-refractivity contribution in [2.45, 2.75) is 12.7 Å². The Bertz CT molecular complexity index is 669. The van der Waals surface area contributed by atoms with Gasteiger partial charge in [0.2, 0.25) is 0 Å². The number of rotatable bonds is 4. The van der Waals surface area contributed by atoms with Gasteiger partial charge < -0.3 is 9.64 Å². The fraction of sp³-hybridized carbons (Fsp3) is 0.235. The molecule has 0 spiro atoms. The molecule has 0 atom stereocenters. The molecular weight excluding hydrogens is 305 g/mol. The number of hydrogen-bond donors (Lipinski definition) is 0. The van der Waals surface area contributed by atoms with E-state index in [1.807, 2.05) is 24.3 Å². The van der Waals surface area contributed by atoms with Crippen LogP contribution < -0.4 is 0 Å². The molecule has 1 amide bonds. The zero-order valence-electron chi connectivity index (χ0n) is 11.8. The molecule has 2 aromatic rings. The third-order valence-corrected chi connectivity index (χ3v) is 3.89. The maximum Gasteiger partial charge on any atom is 0.257 e. The molecule has 0 radical (unpaired) electrons. The van der Waals surface area contributed by atoms with Crippen molar-refractivity contribution >= 4 is 17.5 Å². The maximum absolute atomic E-state index is 13.6. The second kappa shape index (κ2) is 6.46. The molecule has 5 heteroatoms. The third kappa shape index (κ3) is 3.29. The SMILES string of the molecule is O=C(c1ccccc1F)N1CC(OCc2ccc(Cl)cc2)C1. The van der Waals surface area contributed by atoms with E-state index in [9.17, 15) is 9.18 Å². The van der Waals surface area contributed by atoms with Gasteiger partial charge in [-0.05, 0) is 29.8 Å². The Morgan fingerprint density at radius 3 is 2.55 bits per heavy atom. The molecule has 1 aliphatic rings. The molecule has 3 nitrogen and oxygen atoms in total. The van der Waals surface area contributed by atoms with Crippen molar-refractivity contribution in [1.29, 1.82) is 0 Å². The normalized spacial score (nSPS) is 14.7. The van der Waals surface area contributed by atoms with Crippen LogP contribution in [-0.2, 0) is 11.3 Å². The van der Waals surface area contributed by atoms with Crippen LogP contribution in [0.5, 0.6) is 0 Å². The summed E-state index contributed by atoms with van der Waals surface area (Å²) in [4.78, 5) is 13.7. The quantitative estimate of drug-likeness (QED) is 0.863. The van der Waals surface area contributed by atoms with Gasteiger partial charge in [-0.15, -0.1) is 0 Å². The summed E-state index contributed by atoms with van der Waals surface area (Å²) in [5.74, 6) is -0.775. The Morgan fingerprint density at radius 1 is 1.18 bits per heavy atom. The summed E-state index contributed by atoms with van der Waals surface area (Å²) in [6.07, 6.45) is -0.00796. The lowest BCUT2D eigenvalue weighted by molar-refractivity contribution is -0.0504. The van der Waals surface area contributed by atoms with Crippen LogP contribution in [0.4, 0.5) is 4.39 Å². The molecule has 0 aromatic heterocycles. The second-order valence-corrected chi connectivity index (χ2v) is 5.69. The maximum atomic E-state index is 13.6. The van der Waals surface area contributed by atoms with Gasteiger partial charge in [0.25, 0.3) is 5.91 Å². The van der Waals surface area contributed by atoms with Gasteiger partial charge in [0, 0.05) is 18.1 Å². The highest BCUT2D eigenvalue weighted by molar-refractivity contribution is 6.30. The molecule has 1 saturated heterocycles. The van der Waals surface area contributed by atoms with E-state index in [0.29, 0.717) is 24.7 Å². The van der Waals surface area contributed by atoms with E-state index in [0.717, 1.165) is 5.56 Å². The number of benzene rings is 2. The molecular formula is C17H15ClFNO2. The summed E-state index contributed by atoms with van der Waals surface area (Å²) < 4.78 is 19.3. The first kappa shape index (κ1) is 15.0. The Kier molecular flexibility index (Phi) is 4.41. The Morgan fingerprint density at radius 2 is 1.86 bits per heavy atom. The minimum absolute atomic E-state index is 0.00796. The highest BCUT2D eigenvalue weighted by atomic mass is 35.5. The molecule has 1 aliphatic heterocycles. The first-order chi connectivity index (χ1) is 10.6. The highest BCUT2D eigenvalue weighted by Gasteiger charge is 2.32. The summed E-state index contributed by atoms with van der Waals surface area (Å²) >= 11 is 5.82. The zero-order chi connectivity index (χ0) is 15.5. The van der Waals surface area contributed by atoms with Crippen molar-refractivity contribution in [2.24, 2.45) is 0 Å². The number of carbonyl (C=O) groups excluding carboxylic acids is 1. The third-order valence-electron chi connectivity index (χ3n) is 3.64. The van der Waals surface area contributed by atoms with Crippen LogP contribution in [0.1, 0.15) is 15.9 Å². The largest absolute Gasteiger partial charge is 0.370 e. The van der Waals surface area contributed by atoms with Crippen LogP contribution in [0, 0.1) is 5.82 Å². The first-order valence-corrected chi connectivity index (χ1v) is 7.41. The molecule has 2 aromatic carbocycles. The first-order valence-electron chi connectivity index (χ1n) is 7.03. The Labute approximate surface area is 133 Å². The van der Waals surface area contributed by atoms with Crippen molar-refractivity contribution < 1.29 is 13.9 Å². The van der Waals surface area contributed by atoms with E-state index < -0.39 is 5.82 Å². The Hall–Kier alpha value is -1.91. The number of amides is 1. The van der Waals surface area contributed by atoms with Crippen molar-refractivity contribution in [1.82, 2.24) is 4.90 Å². The van der Waals surface area contributed by atoms with Crippen molar-refractivity contribution in [2.75, 3.05) is 13.1 Å². The summed E-state index contributed by atoms with van der Waals surface area (Å²) in [6.45, 7) is 1.45. The number of ether oxygens (including phenoxy) is 1. The van der Waals surface area contributed by atoms with E-state index in [-0.39, 0.29) is 17.6 Å². The number of hydrogen-bond acceptors (Lipinski definition) is 2. The minimum Gasteiger partial charge on any atom is -0.370 e. The van der Waals surface area contributed by atoms with Gasteiger partial charge >= 0.3 is 0 Å². The molecule has 22 heavy (non-hydrogen) atoms. The predicted molar refractivity (Wildman–Crippen MR) is 82.3 cm³/mol. The monoisotopic (exact) mass is 319 g/mol. The van der Waals surface area contributed by atoms with E-state index in [4.69, 9.17) is 16.3 Å². The fourth-order valence-electron chi connectivity index (χ4n) is 2.31. The lowest BCUT2D eigenvalue weighted by Crippen LogP contribution is -2.54. The molecule has 0 N–H and O–H groups in total. The predicted octanol–water partition coefficient (Wildman–Crippen LogP) is 3.52. The number of likely N-dealkylation sites (tertiary alicyclic amines) is 1. The minimum atomic E-state index is -0.488. The van der Waals surface area contributed by atoms with Crippen LogP contribution in [0.15, 0.2) is 48.5 Å². The lowest BCUT2D eigenvalue weighted by atomic mass is 10.1. The van der Waals surface area contributed by atoms with Crippen LogP contribution in [0.3, 0.4) is 0 Å². The molecule has 0 unspecified atom stereocenters. The van der Waals surface area contributed by atoms with Gasteiger partial charge in [0.05, 0.1) is 18.3 Å². The smallest absolute Gasteiger partial charge is 0.257 e.